The summed E-state index contributed by atoms with van der Waals surface area (Å²) < 4.78 is 37.6. The zero-order valence-corrected chi connectivity index (χ0v) is 14.6. The van der Waals surface area contributed by atoms with E-state index >= 15 is 0 Å². The molecule has 2 aromatic carbocycles. The van der Waals surface area contributed by atoms with Crippen LogP contribution in [0.4, 0.5) is 11.4 Å². The van der Waals surface area contributed by atoms with Gasteiger partial charge in [-0.05, 0) is 55.5 Å². The Morgan fingerprint density at radius 1 is 0.958 bits per heavy atom. The molecule has 0 radical (unpaired) electrons. The molecule has 0 saturated heterocycles. The van der Waals surface area contributed by atoms with Crippen molar-refractivity contribution >= 4 is 21.4 Å². The molecule has 0 saturated carbocycles. The number of hydrogen-bond acceptors (Lipinski definition) is 5. The molecule has 2 aromatic rings. The summed E-state index contributed by atoms with van der Waals surface area (Å²) in [5.74, 6) is 0.642. The number of ether oxygens (including phenoxy) is 2. The molecule has 0 aromatic heterocycles. The van der Waals surface area contributed by atoms with Crippen LogP contribution in [-0.4, -0.2) is 35.3 Å². The van der Waals surface area contributed by atoms with Crippen molar-refractivity contribution in [2.24, 2.45) is 0 Å². The standard InChI is InChI=1S/C17H22N2O4S/c1-3-23-16-8-10-17(11-9-16)24(20,21)19-15-6-4-14(5-7-15)18-12-13-22-2/h4-11,18-19H,3,12-13H2,1-2H3. The maximum absolute atomic E-state index is 12.4. The first-order valence-corrected chi connectivity index (χ1v) is 9.12. The fourth-order valence-electron chi connectivity index (χ4n) is 2.05. The van der Waals surface area contributed by atoms with Crippen molar-refractivity contribution in [1.82, 2.24) is 0 Å². The molecule has 24 heavy (non-hydrogen) atoms. The Morgan fingerprint density at radius 2 is 1.58 bits per heavy atom. The van der Waals surface area contributed by atoms with E-state index in [-0.39, 0.29) is 4.90 Å². The summed E-state index contributed by atoms with van der Waals surface area (Å²) >= 11 is 0. The van der Waals surface area contributed by atoms with Gasteiger partial charge in [0, 0.05) is 25.0 Å². The van der Waals surface area contributed by atoms with Gasteiger partial charge in [0.05, 0.1) is 18.1 Å². The number of hydrogen-bond donors (Lipinski definition) is 2. The highest BCUT2D eigenvalue weighted by atomic mass is 32.2. The van der Waals surface area contributed by atoms with Crippen LogP contribution in [0.3, 0.4) is 0 Å². The minimum absolute atomic E-state index is 0.188. The number of rotatable bonds is 9. The third-order valence-corrected chi connectivity index (χ3v) is 4.61. The molecule has 6 nitrogen and oxygen atoms in total. The van der Waals surface area contributed by atoms with Gasteiger partial charge in [-0.1, -0.05) is 0 Å². The largest absolute Gasteiger partial charge is 0.494 e. The second kappa shape index (κ2) is 8.56. The van der Waals surface area contributed by atoms with Crippen molar-refractivity contribution in [1.29, 1.82) is 0 Å². The maximum atomic E-state index is 12.4. The average molecular weight is 350 g/mol. The number of sulfonamides is 1. The van der Waals surface area contributed by atoms with Gasteiger partial charge in [-0.15, -0.1) is 0 Å². The second-order valence-corrected chi connectivity index (χ2v) is 6.69. The first-order valence-electron chi connectivity index (χ1n) is 7.63. The minimum Gasteiger partial charge on any atom is -0.494 e. The zero-order chi connectivity index (χ0) is 17.4. The van der Waals surface area contributed by atoms with Crippen LogP contribution in [0.15, 0.2) is 53.4 Å². The predicted octanol–water partition coefficient (Wildman–Crippen LogP) is 2.94. The lowest BCUT2D eigenvalue weighted by Crippen LogP contribution is -2.13. The Labute approximate surface area is 142 Å². The van der Waals surface area contributed by atoms with E-state index in [4.69, 9.17) is 9.47 Å². The van der Waals surface area contributed by atoms with Crippen molar-refractivity contribution in [2.45, 2.75) is 11.8 Å². The van der Waals surface area contributed by atoms with Crippen LogP contribution in [0.1, 0.15) is 6.92 Å². The fraction of sp³-hybridized carbons (Fsp3) is 0.294. The molecule has 130 valence electrons. The summed E-state index contributed by atoms with van der Waals surface area (Å²) in [4.78, 5) is 0.188. The number of methoxy groups -OCH3 is 1. The summed E-state index contributed by atoms with van der Waals surface area (Å²) in [6.45, 7) is 3.70. The third kappa shape index (κ3) is 5.14. The van der Waals surface area contributed by atoms with Crippen LogP contribution in [0.2, 0.25) is 0 Å². The Bertz CT molecular complexity index is 728. The number of benzene rings is 2. The maximum Gasteiger partial charge on any atom is 0.261 e. The molecule has 7 heteroatoms. The van der Waals surface area contributed by atoms with Crippen LogP contribution in [0.25, 0.3) is 0 Å². The Morgan fingerprint density at radius 3 is 2.17 bits per heavy atom. The summed E-state index contributed by atoms with van der Waals surface area (Å²) in [5, 5.41) is 3.17. The average Bonchev–Trinajstić information content (AvgIpc) is 2.57. The van der Waals surface area contributed by atoms with Gasteiger partial charge in [0.25, 0.3) is 10.0 Å². The quantitative estimate of drug-likeness (QED) is 0.680. The lowest BCUT2D eigenvalue weighted by molar-refractivity contribution is 0.211. The first-order chi connectivity index (χ1) is 11.5. The molecule has 0 aliphatic heterocycles. The Hall–Kier alpha value is -2.25. The van der Waals surface area contributed by atoms with Crippen LogP contribution < -0.4 is 14.8 Å². The number of anilines is 2. The van der Waals surface area contributed by atoms with E-state index in [2.05, 4.69) is 10.0 Å². The van der Waals surface area contributed by atoms with Gasteiger partial charge >= 0.3 is 0 Å². The Kier molecular flexibility index (Phi) is 6.45. The van der Waals surface area contributed by atoms with E-state index in [1.807, 2.05) is 19.1 Å². The van der Waals surface area contributed by atoms with Crippen LogP contribution in [0, 0.1) is 0 Å². The lowest BCUT2D eigenvalue weighted by Gasteiger charge is -2.10. The highest BCUT2D eigenvalue weighted by Gasteiger charge is 2.14. The summed E-state index contributed by atoms with van der Waals surface area (Å²) in [7, 11) is -1.99. The molecule has 0 fully saturated rings. The van der Waals surface area contributed by atoms with E-state index < -0.39 is 10.0 Å². The topological polar surface area (TPSA) is 76.7 Å². The van der Waals surface area contributed by atoms with Gasteiger partial charge in [0.2, 0.25) is 0 Å². The molecule has 0 heterocycles. The second-order valence-electron chi connectivity index (χ2n) is 5.01. The van der Waals surface area contributed by atoms with Crippen LogP contribution in [-0.2, 0) is 14.8 Å². The van der Waals surface area contributed by atoms with E-state index in [9.17, 15) is 8.42 Å². The highest BCUT2D eigenvalue weighted by Crippen LogP contribution is 2.20. The van der Waals surface area contributed by atoms with Crippen molar-refractivity contribution < 1.29 is 17.9 Å². The van der Waals surface area contributed by atoms with Crippen molar-refractivity contribution in [3.05, 3.63) is 48.5 Å². The van der Waals surface area contributed by atoms with Gasteiger partial charge in [-0.3, -0.25) is 4.72 Å². The minimum atomic E-state index is -3.62. The fourth-order valence-corrected chi connectivity index (χ4v) is 3.11. The summed E-state index contributed by atoms with van der Waals surface area (Å²) in [5.41, 5.74) is 1.40. The van der Waals surface area contributed by atoms with E-state index in [0.29, 0.717) is 31.2 Å². The molecule has 0 bridgehead atoms. The van der Waals surface area contributed by atoms with Crippen molar-refractivity contribution in [2.75, 3.05) is 36.9 Å². The van der Waals surface area contributed by atoms with E-state index in [0.717, 1.165) is 5.69 Å². The molecular weight excluding hydrogens is 328 g/mol. The molecule has 0 atom stereocenters. The van der Waals surface area contributed by atoms with Gasteiger partial charge in [-0.2, -0.15) is 0 Å². The van der Waals surface area contributed by atoms with Crippen molar-refractivity contribution in [3.63, 3.8) is 0 Å². The molecule has 0 aliphatic rings. The van der Waals surface area contributed by atoms with E-state index in [1.54, 1.807) is 31.4 Å². The zero-order valence-electron chi connectivity index (χ0n) is 13.8. The predicted molar refractivity (Wildman–Crippen MR) is 95.2 cm³/mol. The van der Waals surface area contributed by atoms with Gasteiger partial charge in [0.1, 0.15) is 5.75 Å². The molecule has 2 rings (SSSR count). The monoisotopic (exact) mass is 350 g/mol. The summed E-state index contributed by atoms with van der Waals surface area (Å²) in [6.07, 6.45) is 0. The molecule has 0 spiro atoms. The smallest absolute Gasteiger partial charge is 0.261 e. The summed E-state index contributed by atoms with van der Waals surface area (Å²) in [6, 6.07) is 13.4. The molecule has 0 unspecified atom stereocenters. The molecular formula is C17H22N2O4S. The SMILES string of the molecule is CCOc1ccc(S(=O)(=O)Nc2ccc(NCCOC)cc2)cc1. The van der Waals surface area contributed by atoms with Gasteiger partial charge < -0.3 is 14.8 Å². The molecule has 0 amide bonds. The van der Waals surface area contributed by atoms with Crippen molar-refractivity contribution in [3.8, 4) is 5.75 Å². The normalized spacial score (nSPS) is 11.1. The Balaban J connectivity index is 2.03. The van der Waals surface area contributed by atoms with Gasteiger partial charge in [-0.25, -0.2) is 8.42 Å². The molecule has 2 N–H and O–H groups in total. The van der Waals surface area contributed by atoms with Crippen LogP contribution >= 0.6 is 0 Å². The highest BCUT2D eigenvalue weighted by molar-refractivity contribution is 7.92. The van der Waals surface area contributed by atoms with Gasteiger partial charge in [0.15, 0.2) is 0 Å². The van der Waals surface area contributed by atoms with E-state index in [1.165, 1.54) is 12.1 Å². The lowest BCUT2D eigenvalue weighted by atomic mass is 10.3. The number of nitrogens with one attached hydrogen (secondary N) is 2. The van der Waals surface area contributed by atoms with Crippen LogP contribution in [0.5, 0.6) is 5.75 Å². The molecule has 0 aliphatic carbocycles. The first kappa shape index (κ1) is 18.1. The third-order valence-electron chi connectivity index (χ3n) is 3.22.